The first-order valence-corrected chi connectivity index (χ1v) is 11.6. The van der Waals surface area contributed by atoms with E-state index in [1.807, 2.05) is 56.0 Å². The van der Waals surface area contributed by atoms with Gasteiger partial charge in [0.1, 0.15) is 0 Å². The first-order chi connectivity index (χ1) is 15.5. The molecule has 3 heterocycles. The molecular formula is C27H32N4O. The van der Waals surface area contributed by atoms with Crippen LogP contribution < -0.4 is 5.32 Å². The number of hydrogen-bond acceptors (Lipinski definition) is 3. The van der Waals surface area contributed by atoms with Gasteiger partial charge in [0.25, 0.3) is 5.91 Å². The lowest BCUT2D eigenvalue weighted by molar-refractivity contribution is 0.0757. The minimum Gasteiger partial charge on any atom is -0.343 e. The Morgan fingerprint density at radius 2 is 1.78 bits per heavy atom. The van der Waals surface area contributed by atoms with Crippen LogP contribution in [0.4, 0.5) is 0 Å². The first-order valence-electron chi connectivity index (χ1n) is 11.6. The maximum absolute atomic E-state index is 13.6. The predicted molar refractivity (Wildman–Crippen MR) is 126 cm³/mol. The van der Waals surface area contributed by atoms with Crippen molar-refractivity contribution in [3.05, 3.63) is 88.7 Å². The number of amides is 1. The number of rotatable bonds is 6. The topological polar surface area (TPSA) is 50.2 Å². The predicted octanol–water partition coefficient (Wildman–Crippen LogP) is 4.71. The van der Waals surface area contributed by atoms with E-state index in [4.69, 9.17) is 0 Å². The molecule has 0 aliphatic carbocycles. The van der Waals surface area contributed by atoms with Crippen molar-refractivity contribution in [2.45, 2.75) is 63.7 Å². The van der Waals surface area contributed by atoms with Gasteiger partial charge >= 0.3 is 0 Å². The summed E-state index contributed by atoms with van der Waals surface area (Å²) in [6, 6.07) is 17.1. The van der Waals surface area contributed by atoms with E-state index >= 15 is 0 Å². The Morgan fingerprint density at radius 1 is 1.09 bits per heavy atom. The normalized spacial score (nSPS) is 23.4. The van der Waals surface area contributed by atoms with E-state index < -0.39 is 0 Å². The monoisotopic (exact) mass is 428 g/mol. The van der Waals surface area contributed by atoms with Crippen molar-refractivity contribution in [2.75, 3.05) is 0 Å². The van der Waals surface area contributed by atoms with Crippen molar-refractivity contribution >= 4 is 5.91 Å². The summed E-state index contributed by atoms with van der Waals surface area (Å²) in [6.07, 6.45) is 8.65. The van der Waals surface area contributed by atoms with Crippen molar-refractivity contribution < 1.29 is 4.79 Å². The first kappa shape index (κ1) is 21.0. The molecule has 0 saturated carbocycles. The Labute approximate surface area is 190 Å². The Balaban J connectivity index is 1.52. The summed E-state index contributed by atoms with van der Waals surface area (Å²) in [6.45, 7) is 4.92. The summed E-state index contributed by atoms with van der Waals surface area (Å²) in [5, 5.41) is 7.89. The van der Waals surface area contributed by atoms with Crippen LogP contribution in [0.15, 0.2) is 60.9 Å². The van der Waals surface area contributed by atoms with Crippen LogP contribution in [0.1, 0.15) is 64.3 Å². The van der Waals surface area contributed by atoms with E-state index in [9.17, 15) is 4.79 Å². The Kier molecular flexibility index (Phi) is 5.38. The molecule has 2 aliphatic rings. The van der Waals surface area contributed by atoms with Crippen LogP contribution in [0, 0.1) is 13.8 Å². The number of carbonyl (C=O) groups excluding carboxylic acids is 1. The van der Waals surface area contributed by atoms with Gasteiger partial charge in [0.15, 0.2) is 0 Å². The van der Waals surface area contributed by atoms with Gasteiger partial charge < -0.3 is 5.32 Å². The fraction of sp³-hybridized carbons (Fsp3) is 0.407. The fourth-order valence-electron chi connectivity index (χ4n) is 6.11. The summed E-state index contributed by atoms with van der Waals surface area (Å²) in [7, 11) is 1.97. The molecule has 32 heavy (non-hydrogen) atoms. The SMILES string of the molecule is Cc1cccc(C)c1C(=O)NC(c1ccccc1)C12CCC(CC1)N2Cc1cnn(C)c1. The third kappa shape index (κ3) is 3.55. The molecule has 0 spiro atoms. The number of benzene rings is 2. The molecule has 1 aromatic heterocycles. The molecule has 1 amide bonds. The van der Waals surface area contributed by atoms with Crippen molar-refractivity contribution in [3.63, 3.8) is 0 Å². The number of nitrogens with one attached hydrogen (secondary N) is 1. The molecule has 2 aliphatic heterocycles. The van der Waals surface area contributed by atoms with E-state index in [2.05, 4.69) is 45.8 Å². The molecule has 2 saturated heterocycles. The van der Waals surface area contributed by atoms with E-state index in [1.165, 1.54) is 24.0 Å². The minimum absolute atomic E-state index is 0.0282. The number of fused-ring (bicyclic) bond motifs is 2. The van der Waals surface area contributed by atoms with Gasteiger partial charge in [0, 0.05) is 42.5 Å². The molecule has 2 bridgehead atoms. The molecule has 1 unspecified atom stereocenters. The number of aryl methyl sites for hydroxylation is 3. The Bertz CT molecular complexity index is 1090. The summed E-state index contributed by atoms with van der Waals surface area (Å²) < 4.78 is 1.87. The van der Waals surface area contributed by atoms with Crippen molar-refractivity contribution in [1.82, 2.24) is 20.0 Å². The largest absolute Gasteiger partial charge is 0.343 e. The number of nitrogens with zero attached hydrogens (tertiary/aromatic N) is 3. The number of carbonyl (C=O) groups is 1. The number of aromatic nitrogens is 2. The van der Waals surface area contributed by atoms with E-state index in [0.29, 0.717) is 6.04 Å². The van der Waals surface area contributed by atoms with Crippen LogP contribution in [0.25, 0.3) is 0 Å². The average Bonchev–Trinajstić information content (AvgIpc) is 3.46. The molecule has 166 valence electrons. The van der Waals surface area contributed by atoms with Gasteiger partial charge in [-0.3, -0.25) is 14.4 Å². The third-order valence-electron chi connectivity index (χ3n) is 7.60. The minimum atomic E-state index is -0.0753. The third-order valence-corrected chi connectivity index (χ3v) is 7.60. The Hall–Kier alpha value is -2.92. The molecule has 3 aromatic rings. The molecule has 5 heteroatoms. The second-order valence-electron chi connectivity index (χ2n) is 9.57. The highest BCUT2D eigenvalue weighted by molar-refractivity contribution is 5.97. The summed E-state index contributed by atoms with van der Waals surface area (Å²) in [5.41, 5.74) is 5.19. The zero-order valence-corrected chi connectivity index (χ0v) is 19.2. The summed E-state index contributed by atoms with van der Waals surface area (Å²) in [4.78, 5) is 16.3. The lowest BCUT2D eigenvalue weighted by atomic mass is 9.78. The highest BCUT2D eigenvalue weighted by atomic mass is 16.1. The standard InChI is InChI=1S/C27H32N4O/c1-19-8-7-9-20(2)24(19)26(32)29-25(22-10-5-4-6-11-22)27-14-12-23(13-15-27)31(27)18-21-16-28-30(3)17-21/h4-11,16-17,23,25H,12-15,18H2,1-3H3,(H,29,32). The van der Waals surface area contributed by atoms with Crippen LogP contribution in [0.3, 0.4) is 0 Å². The van der Waals surface area contributed by atoms with Crippen molar-refractivity contribution in [1.29, 1.82) is 0 Å². The Morgan fingerprint density at radius 3 is 2.41 bits per heavy atom. The average molecular weight is 429 g/mol. The summed E-state index contributed by atoms with van der Waals surface area (Å²) >= 11 is 0. The maximum Gasteiger partial charge on any atom is 0.252 e. The van der Waals surface area contributed by atoms with Crippen LogP contribution in [0.5, 0.6) is 0 Å². The zero-order chi connectivity index (χ0) is 22.3. The van der Waals surface area contributed by atoms with Gasteiger partial charge in [0.2, 0.25) is 0 Å². The molecule has 2 aromatic carbocycles. The van der Waals surface area contributed by atoms with Crippen LogP contribution >= 0.6 is 0 Å². The lowest BCUT2D eigenvalue weighted by Gasteiger charge is -2.42. The van der Waals surface area contributed by atoms with Crippen molar-refractivity contribution in [2.24, 2.45) is 7.05 Å². The van der Waals surface area contributed by atoms with Crippen LogP contribution in [-0.2, 0) is 13.6 Å². The smallest absolute Gasteiger partial charge is 0.252 e. The molecule has 1 atom stereocenters. The van der Waals surface area contributed by atoms with Gasteiger partial charge in [-0.25, -0.2) is 0 Å². The fourth-order valence-corrected chi connectivity index (χ4v) is 6.11. The molecule has 2 fully saturated rings. The van der Waals surface area contributed by atoms with Gasteiger partial charge in [-0.15, -0.1) is 0 Å². The molecule has 5 nitrogen and oxygen atoms in total. The quantitative estimate of drug-likeness (QED) is 0.619. The molecule has 1 N–H and O–H groups in total. The number of hydrogen-bond donors (Lipinski definition) is 1. The van der Waals surface area contributed by atoms with Crippen LogP contribution in [-0.4, -0.2) is 32.2 Å². The second-order valence-corrected chi connectivity index (χ2v) is 9.57. The van der Waals surface area contributed by atoms with E-state index in [1.54, 1.807) is 0 Å². The van der Waals surface area contributed by atoms with Gasteiger partial charge in [0.05, 0.1) is 12.2 Å². The summed E-state index contributed by atoms with van der Waals surface area (Å²) in [5.74, 6) is 0.0282. The molecular weight excluding hydrogens is 396 g/mol. The second kappa shape index (κ2) is 8.21. The maximum atomic E-state index is 13.6. The highest BCUT2D eigenvalue weighted by Crippen LogP contribution is 2.53. The van der Waals surface area contributed by atoms with Crippen LogP contribution in [0.2, 0.25) is 0 Å². The lowest BCUT2D eigenvalue weighted by Crippen LogP contribution is -2.52. The highest BCUT2D eigenvalue weighted by Gasteiger charge is 2.56. The zero-order valence-electron chi connectivity index (χ0n) is 19.2. The van der Waals surface area contributed by atoms with Gasteiger partial charge in [-0.1, -0.05) is 48.5 Å². The molecule has 5 rings (SSSR count). The van der Waals surface area contributed by atoms with Gasteiger partial charge in [-0.2, -0.15) is 5.10 Å². The molecule has 0 radical (unpaired) electrons. The van der Waals surface area contributed by atoms with Gasteiger partial charge in [-0.05, 0) is 56.2 Å². The van der Waals surface area contributed by atoms with E-state index in [-0.39, 0.29) is 17.5 Å². The van der Waals surface area contributed by atoms with Crippen molar-refractivity contribution in [3.8, 4) is 0 Å². The van der Waals surface area contributed by atoms with E-state index in [0.717, 1.165) is 36.1 Å².